The van der Waals surface area contributed by atoms with E-state index in [1.54, 1.807) is 0 Å². The third-order valence-corrected chi connectivity index (χ3v) is 3.96. The number of nitrogens with one attached hydrogen (secondary N) is 1. The van der Waals surface area contributed by atoms with Gasteiger partial charge in [0.1, 0.15) is 12.1 Å². The van der Waals surface area contributed by atoms with Crippen molar-refractivity contribution in [1.29, 1.82) is 0 Å². The average molecular weight is 311 g/mol. The zero-order valence-corrected chi connectivity index (χ0v) is 12.4. The molecule has 3 rings (SSSR count). The fourth-order valence-corrected chi connectivity index (χ4v) is 2.95. The number of thiophene rings is 1. The lowest BCUT2D eigenvalue weighted by Gasteiger charge is -2.04. The summed E-state index contributed by atoms with van der Waals surface area (Å²) in [6.07, 6.45) is 3.12. The Bertz CT molecular complexity index is 792. The summed E-state index contributed by atoms with van der Waals surface area (Å²) in [6, 6.07) is 9.98. The highest BCUT2D eigenvalue weighted by Gasteiger charge is 2.12. The van der Waals surface area contributed by atoms with Crippen molar-refractivity contribution in [2.45, 2.75) is 6.42 Å². The largest absolute Gasteiger partial charge is 0.507 e. The van der Waals surface area contributed by atoms with Gasteiger partial charge in [-0.1, -0.05) is 30.3 Å². The second kappa shape index (κ2) is 6.36. The summed E-state index contributed by atoms with van der Waals surface area (Å²) in [5.74, 6) is -0.369. The predicted octanol–water partition coefficient (Wildman–Crippen LogP) is 3.24. The number of carbonyl (C=O) groups is 1. The van der Waals surface area contributed by atoms with Crippen LogP contribution in [0.4, 0.5) is 0 Å². The minimum Gasteiger partial charge on any atom is -0.507 e. The molecule has 0 unspecified atom stereocenters. The summed E-state index contributed by atoms with van der Waals surface area (Å²) in [5, 5.41) is 20.1. The molecule has 0 saturated carbocycles. The Kier molecular flexibility index (Phi) is 4.11. The summed E-state index contributed by atoms with van der Waals surface area (Å²) in [7, 11) is 0. The number of aromatic nitrogens is 3. The van der Waals surface area contributed by atoms with E-state index in [0.717, 1.165) is 17.2 Å². The summed E-state index contributed by atoms with van der Waals surface area (Å²) in [6.45, 7) is 0. The molecule has 0 aliphatic rings. The molecule has 0 atom stereocenters. The zero-order valence-electron chi connectivity index (χ0n) is 11.6. The summed E-state index contributed by atoms with van der Waals surface area (Å²) < 4.78 is 0. The van der Waals surface area contributed by atoms with Crippen LogP contribution in [-0.2, 0) is 6.42 Å². The first-order chi connectivity index (χ1) is 10.7. The molecule has 0 radical (unpaired) electrons. The minimum absolute atomic E-state index is 0.0615. The number of nitrogens with zero attached hydrogens (tertiary/aromatic N) is 2. The van der Waals surface area contributed by atoms with Crippen LogP contribution in [-0.4, -0.2) is 26.1 Å². The Morgan fingerprint density at radius 2 is 2.09 bits per heavy atom. The lowest BCUT2D eigenvalue weighted by molar-refractivity contribution is 0.103. The quantitative estimate of drug-likeness (QED) is 0.431. The Hall–Kier alpha value is -2.73. The highest BCUT2D eigenvalue weighted by molar-refractivity contribution is 7.08. The van der Waals surface area contributed by atoms with Crippen molar-refractivity contribution in [1.82, 2.24) is 15.2 Å². The van der Waals surface area contributed by atoms with Gasteiger partial charge in [-0.3, -0.25) is 9.89 Å². The van der Waals surface area contributed by atoms with Crippen LogP contribution >= 0.6 is 11.3 Å². The molecule has 0 aliphatic heterocycles. The summed E-state index contributed by atoms with van der Waals surface area (Å²) in [5.41, 5.74) is 2.80. The molecule has 0 aliphatic carbocycles. The van der Waals surface area contributed by atoms with E-state index in [2.05, 4.69) is 15.2 Å². The number of aromatic amines is 1. The van der Waals surface area contributed by atoms with E-state index < -0.39 is 5.78 Å². The van der Waals surface area contributed by atoms with Crippen molar-refractivity contribution in [3.63, 3.8) is 0 Å². The molecule has 110 valence electrons. The van der Waals surface area contributed by atoms with Gasteiger partial charge in [0.15, 0.2) is 5.82 Å². The molecule has 0 bridgehead atoms. The molecule has 2 N–H and O–H groups in total. The molecule has 1 aromatic carbocycles. The zero-order chi connectivity index (χ0) is 15.4. The van der Waals surface area contributed by atoms with E-state index in [-0.39, 0.29) is 11.6 Å². The van der Waals surface area contributed by atoms with Crippen LogP contribution in [0.2, 0.25) is 0 Å². The lowest BCUT2D eigenvalue weighted by atomic mass is 10.0. The maximum atomic E-state index is 11.9. The highest BCUT2D eigenvalue weighted by atomic mass is 32.1. The first kappa shape index (κ1) is 14.2. The first-order valence-electron chi connectivity index (χ1n) is 6.64. The molecule has 0 spiro atoms. The number of aliphatic hydroxyl groups is 1. The fourth-order valence-electron chi connectivity index (χ4n) is 2.10. The number of hydrogen-bond acceptors (Lipinski definition) is 5. The van der Waals surface area contributed by atoms with Gasteiger partial charge in [-0.05, 0) is 22.9 Å². The van der Waals surface area contributed by atoms with Crippen molar-refractivity contribution in [3.05, 3.63) is 76.0 Å². The summed E-state index contributed by atoms with van der Waals surface area (Å²) in [4.78, 5) is 15.7. The van der Waals surface area contributed by atoms with Crippen LogP contribution in [0.1, 0.15) is 27.3 Å². The molecule has 3 aromatic rings. The standard InChI is InChI=1S/C16H13N3O2S/c20-14(7-15(21)16-17-10-18-19-16)13-9-22-8-12(13)6-11-4-2-1-3-5-11/h1-5,7-10,20H,6H2,(H,17,18,19). The van der Waals surface area contributed by atoms with Gasteiger partial charge in [-0.25, -0.2) is 4.98 Å². The van der Waals surface area contributed by atoms with Gasteiger partial charge in [0, 0.05) is 17.0 Å². The van der Waals surface area contributed by atoms with Crippen molar-refractivity contribution in [3.8, 4) is 0 Å². The lowest BCUT2D eigenvalue weighted by Crippen LogP contribution is -2.00. The van der Waals surface area contributed by atoms with Crippen molar-refractivity contribution >= 4 is 22.9 Å². The van der Waals surface area contributed by atoms with Gasteiger partial charge in [-0.2, -0.15) is 16.4 Å². The molecule has 0 fully saturated rings. The molecule has 0 saturated heterocycles. The van der Waals surface area contributed by atoms with E-state index in [0.29, 0.717) is 12.0 Å². The Morgan fingerprint density at radius 1 is 1.27 bits per heavy atom. The van der Waals surface area contributed by atoms with Gasteiger partial charge in [0.25, 0.3) is 0 Å². The number of rotatable bonds is 5. The van der Waals surface area contributed by atoms with Crippen LogP contribution in [0, 0.1) is 0 Å². The number of hydrogen-bond donors (Lipinski definition) is 2. The fraction of sp³-hybridized carbons (Fsp3) is 0.0625. The Morgan fingerprint density at radius 3 is 2.82 bits per heavy atom. The SMILES string of the molecule is O=C(C=C(O)c1cscc1Cc1ccccc1)c1ncn[nH]1. The maximum Gasteiger partial charge on any atom is 0.226 e. The summed E-state index contributed by atoms with van der Waals surface area (Å²) >= 11 is 1.49. The number of ketones is 1. The van der Waals surface area contributed by atoms with Crippen LogP contribution in [0.15, 0.2) is 53.5 Å². The normalized spacial score (nSPS) is 11.5. The van der Waals surface area contributed by atoms with Crippen LogP contribution in [0.25, 0.3) is 5.76 Å². The average Bonchev–Trinajstić information content (AvgIpc) is 3.19. The smallest absolute Gasteiger partial charge is 0.226 e. The minimum atomic E-state index is -0.410. The van der Waals surface area contributed by atoms with Crippen LogP contribution in [0.5, 0.6) is 0 Å². The number of benzene rings is 1. The van der Waals surface area contributed by atoms with Crippen LogP contribution in [0.3, 0.4) is 0 Å². The van der Waals surface area contributed by atoms with E-state index in [4.69, 9.17) is 0 Å². The van der Waals surface area contributed by atoms with E-state index in [9.17, 15) is 9.90 Å². The second-order valence-corrected chi connectivity index (χ2v) is 5.44. The monoisotopic (exact) mass is 311 g/mol. The number of H-pyrrole nitrogens is 1. The van der Waals surface area contributed by atoms with E-state index >= 15 is 0 Å². The van der Waals surface area contributed by atoms with Gasteiger partial charge in [0.2, 0.25) is 5.78 Å². The first-order valence-corrected chi connectivity index (χ1v) is 7.58. The number of allylic oxidation sites excluding steroid dienone is 1. The van der Waals surface area contributed by atoms with Crippen molar-refractivity contribution < 1.29 is 9.90 Å². The molecule has 0 amide bonds. The predicted molar refractivity (Wildman–Crippen MR) is 84.9 cm³/mol. The molecule has 6 heteroatoms. The van der Waals surface area contributed by atoms with Gasteiger partial charge < -0.3 is 5.11 Å². The number of carbonyl (C=O) groups excluding carboxylic acids is 1. The van der Waals surface area contributed by atoms with Crippen molar-refractivity contribution in [2.24, 2.45) is 0 Å². The topological polar surface area (TPSA) is 78.9 Å². The Labute approximate surface area is 131 Å². The Balaban J connectivity index is 1.83. The third-order valence-electron chi connectivity index (χ3n) is 3.17. The molecular weight excluding hydrogens is 298 g/mol. The molecule has 5 nitrogen and oxygen atoms in total. The molecule has 2 heterocycles. The van der Waals surface area contributed by atoms with E-state index in [1.807, 2.05) is 41.1 Å². The molecular formula is C16H13N3O2S. The van der Waals surface area contributed by atoms with Crippen LogP contribution < -0.4 is 0 Å². The molecule has 2 aromatic heterocycles. The third kappa shape index (κ3) is 3.12. The second-order valence-electron chi connectivity index (χ2n) is 4.70. The van der Waals surface area contributed by atoms with Crippen molar-refractivity contribution in [2.75, 3.05) is 0 Å². The maximum absolute atomic E-state index is 11.9. The molecule has 22 heavy (non-hydrogen) atoms. The highest BCUT2D eigenvalue weighted by Crippen LogP contribution is 2.24. The van der Waals surface area contributed by atoms with Gasteiger partial charge in [0.05, 0.1) is 0 Å². The number of aliphatic hydroxyl groups excluding tert-OH is 1. The van der Waals surface area contributed by atoms with Gasteiger partial charge in [-0.15, -0.1) is 0 Å². The van der Waals surface area contributed by atoms with Gasteiger partial charge >= 0.3 is 0 Å². The van der Waals surface area contributed by atoms with E-state index in [1.165, 1.54) is 17.7 Å².